The van der Waals surface area contributed by atoms with E-state index in [0.717, 1.165) is 17.8 Å². The van der Waals surface area contributed by atoms with Gasteiger partial charge in [-0.05, 0) is 18.2 Å². The highest BCUT2D eigenvalue weighted by molar-refractivity contribution is 5.50. The third kappa shape index (κ3) is 2.25. The number of nitrogens with zero attached hydrogens (tertiary/aromatic N) is 1. The standard InChI is InChI=1S/C13H16N2O/c1-15-8-4-6-12(15)9-14-13-7-3-2-5-11(13)10-16/h2-8,14,16H,9-10H2,1H3. The molecule has 1 heterocycles. The van der Waals surface area contributed by atoms with Crippen LogP contribution in [0, 0.1) is 0 Å². The fraction of sp³-hybridized carbons (Fsp3) is 0.231. The van der Waals surface area contributed by atoms with Crippen molar-refractivity contribution >= 4 is 5.69 Å². The number of aliphatic hydroxyl groups is 1. The highest BCUT2D eigenvalue weighted by Crippen LogP contribution is 2.15. The van der Waals surface area contributed by atoms with Gasteiger partial charge in [-0.25, -0.2) is 0 Å². The van der Waals surface area contributed by atoms with Crippen LogP contribution < -0.4 is 5.32 Å². The van der Waals surface area contributed by atoms with Gasteiger partial charge in [0, 0.05) is 30.2 Å². The highest BCUT2D eigenvalue weighted by Gasteiger charge is 2.01. The quantitative estimate of drug-likeness (QED) is 0.821. The van der Waals surface area contributed by atoms with E-state index in [0.29, 0.717) is 0 Å². The average molecular weight is 216 g/mol. The number of hydrogen-bond donors (Lipinski definition) is 2. The smallest absolute Gasteiger partial charge is 0.0701 e. The largest absolute Gasteiger partial charge is 0.392 e. The van der Waals surface area contributed by atoms with E-state index in [4.69, 9.17) is 0 Å². The highest BCUT2D eigenvalue weighted by atomic mass is 16.3. The van der Waals surface area contributed by atoms with Crippen LogP contribution in [0.1, 0.15) is 11.3 Å². The third-order valence-corrected chi connectivity index (χ3v) is 2.70. The summed E-state index contributed by atoms with van der Waals surface area (Å²) in [6.07, 6.45) is 2.02. The monoisotopic (exact) mass is 216 g/mol. The van der Waals surface area contributed by atoms with Crippen molar-refractivity contribution in [2.24, 2.45) is 7.05 Å². The number of aliphatic hydroxyl groups excluding tert-OH is 1. The Kier molecular flexibility index (Phi) is 3.27. The van der Waals surface area contributed by atoms with Gasteiger partial charge in [-0.2, -0.15) is 0 Å². The van der Waals surface area contributed by atoms with E-state index in [2.05, 4.69) is 16.0 Å². The molecule has 2 rings (SSSR count). The van der Waals surface area contributed by atoms with Crippen LogP contribution in [0.15, 0.2) is 42.6 Å². The van der Waals surface area contributed by atoms with Crippen LogP contribution in [0.25, 0.3) is 0 Å². The Morgan fingerprint density at radius 1 is 1.19 bits per heavy atom. The second-order valence-electron chi connectivity index (χ2n) is 3.78. The van der Waals surface area contributed by atoms with E-state index in [1.165, 1.54) is 5.69 Å². The van der Waals surface area contributed by atoms with Crippen molar-refractivity contribution in [3.05, 3.63) is 53.9 Å². The van der Waals surface area contributed by atoms with Gasteiger partial charge in [0.1, 0.15) is 0 Å². The molecule has 0 bridgehead atoms. The molecular formula is C13H16N2O. The molecule has 0 spiro atoms. The number of rotatable bonds is 4. The summed E-state index contributed by atoms with van der Waals surface area (Å²) in [5.74, 6) is 0. The molecule has 2 aromatic rings. The fourth-order valence-corrected chi connectivity index (χ4v) is 1.70. The van der Waals surface area contributed by atoms with Crippen LogP contribution >= 0.6 is 0 Å². The van der Waals surface area contributed by atoms with Crippen LogP contribution in [0.5, 0.6) is 0 Å². The molecule has 0 amide bonds. The molecule has 0 unspecified atom stereocenters. The third-order valence-electron chi connectivity index (χ3n) is 2.70. The summed E-state index contributed by atoms with van der Waals surface area (Å²) < 4.78 is 2.08. The maximum atomic E-state index is 9.19. The zero-order valence-corrected chi connectivity index (χ0v) is 9.35. The van der Waals surface area contributed by atoms with Gasteiger partial charge in [0.15, 0.2) is 0 Å². The Morgan fingerprint density at radius 2 is 2.00 bits per heavy atom. The second-order valence-corrected chi connectivity index (χ2v) is 3.78. The topological polar surface area (TPSA) is 37.2 Å². The number of benzene rings is 1. The molecule has 0 radical (unpaired) electrons. The summed E-state index contributed by atoms with van der Waals surface area (Å²) in [5, 5.41) is 12.5. The summed E-state index contributed by atoms with van der Waals surface area (Å²) in [7, 11) is 2.02. The number of para-hydroxylation sites is 1. The molecule has 3 nitrogen and oxygen atoms in total. The van der Waals surface area contributed by atoms with Crippen LogP contribution in [-0.2, 0) is 20.2 Å². The number of nitrogens with one attached hydrogen (secondary N) is 1. The lowest BCUT2D eigenvalue weighted by Crippen LogP contribution is -2.05. The number of aromatic nitrogens is 1. The van der Waals surface area contributed by atoms with Crippen LogP contribution in [0.2, 0.25) is 0 Å². The average Bonchev–Trinajstić information content (AvgIpc) is 2.72. The molecule has 16 heavy (non-hydrogen) atoms. The van der Waals surface area contributed by atoms with Crippen LogP contribution in [-0.4, -0.2) is 9.67 Å². The molecule has 0 saturated heterocycles. The zero-order valence-electron chi connectivity index (χ0n) is 9.35. The Morgan fingerprint density at radius 3 is 2.69 bits per heavy atom. The lowest BCUT2D eigenvalue weighted by atomic mass is 10.2. The van der Waals surface area contributed by atoms with Crippen LogP contribution in [0.3, 0.4) is 0 Å². The van der Waals surface area contributed by atoms with Gasteiger partial charge < -0.3 is 15.0 Å². The van der Waals surface area contributed by atoms with Gasteiger partial charge in [0.05, 0.1) is 13.2 Å². The number of hydrogen-bond acceptors (Lipinski definition) is 2. The minimum Gasteiger partial charge on any atom is -0.392 e. The second kappa shape index (κ2) is 4.86. The lowest BCUT2D eigenvalue weighted by molar-refractivity contribution is 0.282. The predicted octanol–water partition coefficient (Wildman–Crippen LogP) is 2.13. The molecule has 2 N–H and O–H groups in total. The molecule has 0 aliphatic carbocycles. The Hall–Kier alpha value is -1.74. The van der Waals surface area contributed by atoms with E-state index in [9.17, 15) is 5.11 Å². The minimum atomic E-state index is 0.0658. The maximum absolute atomic E-state index is 9.19. The number of anilines is 1. The molecular weight excluding hydrogens is 200 g/mol. The fourth-order valence-electron chi connectivity index (χ4n) is 1.70. The van der Waals surface area contributed by atoms with Crippen molar-refractivity contribution in [1.29, 1.82) is 0 Å². The Balaban J connectivity index is 2.07. The van der Waals surface area contributed by atoms with Crippen molar-refractivity contribution in [3.63, 3.8) is 0 Å². The maximum Gasteiger partial charge on any atom is 0.0701 e. The SMILES string of the molecule is Cn1cccc1CNc1ccccc1CO. The number of aryl methyl sites for hydroxylation is 1. The first-order valence-corrected chi connectivity index (χ1v) is 5.34. The normalized spacial score (nSPS) is 10.4. The lowest BCUT2D eigenvalue weighted by Gasteiger charge is -2.10. The van der Waals surface area contributed by atoms with Gasteiger partial charge in [-0.15, -0.1) is 0 Å². The van der Waals surface area contributed by atoms with Crippen molar-refractivity contribution in [2.75, 3.05) is 5.32 Å². The van der Waals surface area contributed by atoms with E-state index >= 15 is 0 Å². The summed E-state index contributed by atoms with van der Waals surface area (Å²) in [6, 6.07) is 11.9. The van der Waals surface area contributed by atoms with E-state index in [-0.39, 0.29) is 6.61 Å². The van der Waals surface area contributed by atoms with Gasteiger partial charge in [-0.1, -0.05) is 18.2 Å². The van der Waals surface area contributed by atoms with E-state index in [1.54, 1.807) is 0 Å². The Bertz CT molecular complexity index is 462. The first kappa shape index (κ1) is 10.8. The summed E-state index contributed by atoms with van der Waals surface area (Å²) in [6.45, 7) is 0.830. The van der Waals surface area contributed by atoms with E-state index in [1.807, 2.05) is 43.6 Å². The van der Waals surface area contributed by atoms with Gasteiger partial charge >= 0.3 is 0 Å². The summed E-state index contributed by atoms with van der Waals surface area (Å²) >= 11 is 0. The van der Waals surface area contributed by atoms with Crippen molar-refractivity contribution in [3.8, 4) is 0 Å². The first-order valence-electron chi connectivity index (χ1n) is 5.34. The minimum absolute atomic E-state index is 0.0658. The molecule has 0 fully saturated rings. The molecule has 3 heteroatoms. The molecule has 1 aromatic carbocycles. The van der Waals surface area contributed by atoms with Gasteiger partial charge in [0.2, 0.25) is 0 Å². The van der Waals surface area contributed by atoms with Crippen molar-refractivity contribution in [2.45, 2.75) is 13.2 Å². The molecule has 0 atom stereocenters. The van der Waals surface area contributed by atoms with Crippen LogP contribution in [0.4, 0.5) is 5.69 Å². The Labute approximate surface area is 95.3 Å². The molecule has 0 aliphatic rings. The van der Waals surface area contributed by atoms with Gasteiger partial charge in [-0.3, -0.25) is 0 Å². The zero-order chi connectivity index (χ0) is 11.4. The van der Waals surface area contributed by atoms with Gasteiger partial charge in [0.25, 0.3) is 0 Å². The molecule has 84 valence electrons. The molecule has 0 saturated carbocycles. The summed E-state index contributed by atoms with van der Waals surface area (Å²) in [5.41, 5.74) is 3.13. The van der Waals surface area contributed by atoms with Crippen molar-refractivity contribution < 1.29 is 5.11 Å². The molecule has 0 aliphatic heterocycles. The predicted molar refractivity (Wildman–Crippen MR) is 65.1 cm³/mol. The molecule has 1 aromatic heterocycles. The van der Waals surface area contributed by atoms with E-state index < -0.39 is 0 Å². The first-order chi connectivity index (χ1) is 7.81. The van der Waals surface area contributed by atoms with Crippen molar-refractivity contribution in [1.82, 2.24) is 4.57 Å². The summed E-state index contributed by atoms with van der Waals surface area (Å²) in [4.78, 5) is 0.